The van der Waals surface area contributed by atoms with E-state index in [-0.39, 0.29) is 11.9 Å². The van der Waals surface area contributed by atoms with Crippen LogP contribution in [0.2, 0.25) is 0 Å². The Morgan fingerprint density at radius 1 is 1.21 bits per heavy atom. The SMILES string of the molecule is CCCNc1nnc(SCC(=O)NC(CCC)c2ccccc2)s1. The minimum absolute atomic E-state index is 0.0283. The number of carbonyl (C=O) groups excluding carboxylic acids is 1. The lowest BCUT2D eigenvalue weighted by atomic mass is 10.0. The predicted molar refractivity (Wildman–Crippen MR) is 102 cm³/mol. The van der Waals surface area contributed by atoms with Gasteiger partial charge in [-0.2, -0.15) is 0 Å². The van der Waals surface area contributed by atoms with Crippen LogP contribution in [0.1, 0.15) is 44.7 Å². The number of nitrogens with one attached hydrogen (secondary N) is 2. The van der Waals surface area contributed by atoms with E-state index in [2.05, 4.69) is 46.8 Å². The second-order valence-electron chi connectivity index (χ2n) is 5.41. The first-order valence-electron chi connectivity index (χ1n) is 8.27. The molecule has 1 unspecified atom stereocenters. The Bertz CT molecular complexity index is 618. The van der Waals surface area contributed by atoms with Crippen molar-refractivity contribution in [3.05, 3.63) is 35.9 Å². The van der Waals surface area contributed by atoms with Gasteiger partial charge in [0.05, 0.1) is 11.8 Å². The molecule has 2 aromatic rings. The molecule has 2 rings (SSSR count). The molecule has 0 aliphatic rings. The Labute approximate surface area is 151 Å². The Kier molecular flexibility index (Phi) is 8.04. The van der Waals surface area contributed by atoms with Crippen LogP contribution in [0, 0.1) is 0 Å². The maximum absolute atomic E-state index is 12.3. The molecule has 0 radical (unpaired) electrons. The van der Waals surface area contributed by atoms with Gasteiger partial charge >= 0.3 is 0 Å². The summed E-state index contributed by atoms with van der Waals surface area (Å²) < 4.78 is 0.815. The number of hydrogen-bond donors (Lipinski definition) is 2. The van der Waals surface area contributed by atoms with Gasteiger partial charge in [0.2, 0.25) is 11.0 Å². The van der Waals surface area contributed by atoms with Crippen molar-refractivity contribution in [2.45, 2.75) is 43.5 Å². The topological polar surface area (TPSA) is 66.9 Å². The lowest BCUT2D eigenvalue weighted by Gasteiger charge is -2.18. The summed E-state index contributed by atoms with van der Waals surface area (Å²) >= 11 is 2.92. The maximum atomic E-state index is 12.3. The molecule has 1 heterocycles. The second-order valence-corrected chi connectivity index (χ2v) is 7.61. The molecule has 1 aromatic carbocycles. The first-order chi connectivity index (χ1) is 11.7. The van der Waals surface area contributed by atoms with Gasteiger partial charge in [0.1, 0.15) is 0 Å². The number of nitrogens with zero attached hydrogens (tertiary/aromatic N) is 2. The molecule has 24 heavy (non-hydrogen) atoms. The molecule has 0 spiro atoms. The largest absolute Gasteiger partial charge is 0.360 e. The standard InChI is InChI=1S/C17H24N4OS2/c1-3-8-14(13-9-6-5-7-10-13)19-15(22)12-23-17-21-20-16(24-17)18-11-4-2/h5-7,9-10,14H,3-4,8,11-12H2,1-2H3,(H,18,20)(H,19,22). The van der Waals surface area contributed by atoms with Crippen LogP contribution in [-0.2, 0) is 4.79 Å². The molecular weight excluding hydrogens is 340 g/mol. The van der Waals surface area contributed by atoms with Crippen LogP contribution in [0.15, 0.2) is 34.7 Å². The quantitative estimate of drug-likeness (QED) is 0.621. The van der Waals surface area contributed by atoms with Crippen molar-refractivity contribution in [1.29, 1.82) is 0 Å². The Morgan fingerprint density at radius 2 is 2.00 bits per heavy atom. The van der Waals surface area contributed by atoms with Crippen molar-refractivity contribution < 1.29 is 4.79 Å². The minimum atomic E-state index is 0.0283. The van der Waals surface area contributed by atoms with Crippen molar-refractivity contribution in [3.63, 3.8) is 0 Å². The summed E-state index contributed by atoms with van der Waals surface area (Å²) in [5.41, 5.74) is 1.15. The normalized spacial score (nSPS) is 11.9. The number of rotatable bonds is 10. The van der Waals surface area contributed by atoms with E-state index < -0.39 is 0 Å². The lowest BCUT2D eigenvalue weighted by Crippen LogP contribution is -2.29. The number of hydrogen-bond acceptors (Lipinski definition) is 6. The van der Waals surface area contributed by atoms with Crippen LogP contribution in [0.5, 0.6) is 0 Å². The van der Waals surface area contributed by atoms with Crippen molar-refractivity contribution in [2.75, 3.05) is 17.6 Å². The molecule has 1 aromatic heterocycles. The lowest BCUT2D eigenvalue weighted by molar-refractivity contribution is -0.119. The van der Waals surface area contributed by atoms with Crippen LogP contribution in [0.3, 0.4) is 0 Å². The van der Waals surface area contributed by atoms with Gasteiger partial charge in [-0.1, -0.05) is 73.7 Å². The zero-order valence-electron chi connectivity index (χ0n) is 14.1. The van der Waals surface area contributed by atoms with Gasteiger partial charge in [0.15, 0.2) is 4.34 Å². The van der Waals surface area contributed by atoms with Crippen LogP contribution >= 0.6 is 23.1 Å². The van der Waals surface area contributed by atoms with Crippen LogP contribution < -0.4 is 10.6 Å². The summed E-state index contributed by atoms with van der Waals surface area (Å²) in [7, 11) is 0. The van der Waals surface area contributed by atoms with Gasteiger partial charge in [-0.25, -0.2) is 0 Å². The first-order valence-corrected chi connectivity index (χ1v) is 10.1. The molecular formula is C17H24N4OS2. The van der Waals surface area contributed by atoms with E-state index in [9.17, 15) is 4.79 Å². The van der Waals surface area contributed by atoms with E-state index in [1.165, 1.54) is 23.1 Å². The van der Waals surface area contributed by atoms with Gasteiger partial charge in [0.25, 0.3) is 0 Å². The van der Waals surface area contributed by atoms with Gasteiger partial charge in [-0.15, -0.1) is 10.2 Å². The summed E-state index contributed by atoms with van der Waals surface area (Å²) in [5.74, 6) is 0.385. The fourth-order valence-corrected chi connectivity index (χ4v) is 3.82. The van der Waals surface area contributed by atoms with E-state index in [1.54, 1.807) is 0 Å². The molecule has 0 saturated carbocycles. The summed E-state index contributed by atoms with van der Waals surface area (Å²) in [5, 5.41) is 15.3. The van der Waals surface area contributed by atoms with Crippen molar-refractivity contribution in [2.24, 2.45) is 0 Å². The summed E-state index contributed by atoms with van der Waals surface area (Å²) in [6, 6.07) is 10.2. The number of aromatic nitrogens is 2. The number of benzene rings is 1. The zero-order valence-corrected chi connectivity index (χ0v) is 15.8. The maximum Gasteiger partial charge on any atom is 0.230 e. The fourth-order valence-electron chi connectivity index (χ4n) is 2.23. The molecule has 0 aliphatic carbocycles. The average molecular weight is 365 g/mol. The molecule has 0 bridgehead atoms. The molecule has 0 aliphatic heterocycles. The van der Waals surface area contributed by atoms with Crippen molar-refractivity contribution in [3.8, 4) is 0 Å². The highest BCUT2D eigenvalue weighted by molar-refractivity contribution is 8.01. The van der Waals surface area contributed by atoms with E-state index >= 15 is 0 Å². The van der Waals surface area contributed by atoms with Crippen LogP contribution in [-0.4, -0.2) is 28.4 Å². The third-order valence-electron chi connectivity index (χ3n) is 3.37. The fraction of sp³-hybridized carbons (Fsp3) is 0.471. The summed E-state index contributed by atoms with van der Waals surface area (Å²) in [6.07, 6.45) is 3.00. The molecule has 2 N–H and O–H groups in total. The van der Waals surface area contributed by atoms with Crippen LogP contribution in [0.25, 0.3) is 0 Å². The monoisotopic (exact) mass is 364 g/mol. The second kappa shape index (κ2) is 10.3. The third kappa shape index (κ3) is 6.13. The summed E-state index contributed by atoms with van der Waals surface area (Å²) in [6.45, 7) is 5.12. The van der Waals surface area contributed by atoms with Gasteiger partial charge in [-0.05, 0) is 18.4 Å². The third-order valence-corrected chi connectivity index (χ3v) is 5.39. The number of carbonyl (C=O) groups is 1. The van der Waals surface area contributed by atoms with Crippen LogP contribution in [0.4, 0.5) is 5.13 Å². The van der Waals surface area contributed by atoms with Crippen molar-refractivity contribution in [1.82, 2.24) is 15.5 Å². The predicted octanol–water partition coefficient (Wildman–Crippen LogP) is 4.11. The first kappa shape index (κ1) is 18.7. The minimum Gasteiger partial charge on any atom is -0.360 e. The van der Waals surface area contributed by atoms with Gasteiger partial charge in [-0.3, -0.25) is 4.79 Å². The Balaban J connectivity index is 1.83. The number of thioether (sulfide) groups is 1. The van der Waals surface area contributed by atoms with Gasteiger partial charge < -0.3 is 10.6 Å². The van der Waals surface area contributed by atoms with E-state index in [4.69, 9.17) is 0 Å². The average Bonchev–Trinajstić information content (AvgIpc) is 3.06. The highest BCUT2D eigenvalue weighted by Gasteiger charge is 2.14. The molecule has 130 valence electrons. The van der Waals surface area contributed by atoms with E-state index in [0.29, 0.717) is 5.75 Å². The van der Waals surface area contributed by atoms with E-state index in [0.717, 1.165) is 40.8 Å². The molecule has 7 heteroatoms. The zero-order chi connectivity index (χ0) is 17.2. The highest BCUT2D eigenvalue weighted by Crippen LogP contribution is 2.25. The Hall–Kier alpha value is -1.60. The van der Waals surface area contributed by atoms with E-state index in [1.807, 2.05) is 18.2 Å². The van der Waals surface area contributed by atoms with Crippen molar-refractivity contribution >= 4 is 34.1 Å². The number of anilines is 1. The smallest absolute Gasteiger partial charge is 0.230 e. The summed E-state index contributed by atoms with van der Waals surface area (Å²) in [4.78, 5) is 12.3. The molecule has 0 fully saturated rings. The molecule has 5 nitrogen and oxygen atoms in total. The molecule has 0 saturated heterocycles. The Morgan fingerprint density at radius 3 is 2.71 bits per heavy atom. The molecule has 1 atom stereocenters. The molecule has 1 amide bonds. The number of amides is 1. The van der Waals surface area contributed by atoms with Gasteiger partial charge in [0, 0.05) is 6.54 Å². The highest BCUT2D eigenvalue weighted by atomic mass is 32.2.